The van der Waals surface area contributed by atoms with Gasteiger partial charge in [-0.3, -0.25) is 9.59 Å². The number of rotatable bonds is 11. The first-order valence-corrected chi connectivity index (χ1v) is 10.2. The normalized spacial score (nSPS) is 32.4. The Balaban J connectivity index is 1.77. The Labute approximate surface area is 167 Å². The molecule has 0 spiro atoms. The molecular formula is C20H34O8. The van der Waals surface area contributed by atoms with Gasteiger partial charge in [-0.05, 0) is 26.7 Å². The molecule has 8 nitrogen and oxygen atoms in total. The molecule has 4 unspecified atom stereocenters. The summed E-state index contributed by atoms with van der Waals surface area (Å²) < 4.78 is 33.7. The van der Waals surface area contributed by atoms with Crippen molar-refractivity contribution in [1.29, 1.82) is 0 Å². The molecule has 0 saturated carbocycles. The first-order chi connectivity index (χ1) is 13.3. The van der Waals surface area contributed by atoms with E-state index in [1.54, 1.807) is 13.8 Å². The highest BCUT2D eigenvalue weighted by atomic mass is 16.8. The minimum Gasteiger partial charge on any atom is -0.466 e. The zero-order valence-electron chi connectivity index (χ0n) is 17.5. The summed E-state index contributed by atoms with van der Waals surface area (Å²) in [7, 11) is 0. The second-order valence-corrected chi connectivity index (χ2v) is 7.70. The van der Waals surface area contributed by atoms with Gasteiger partial charge in [0.25, 0.3) is 0 Å². The first-order valence-electron chi connectivity index (χ1n) is 10.2. The van der Waals surface area contributed by atoms with E-state index in [0.717, 1.165) is 25.7 Å². The summed E-state index contributed by atoms with van der Waals surface area (Å²) in [6.45, 7) is 8.87. The van der Waals surface area contributed by atoms with Crippen molar-refractivity contribution < 1.29 is 38.0 Å². The predicted molar refractivity (Wildman–Crippen MR) is 99.4 cm³/mol. The molecule has 2 heterocycles. The molecule has 0 aromatic rings. The molecule has 0 aliphatic carbocycles. The molecule has 2 fully saturated rings. The monoisotopic (exact) mass is 402 g/mol. The molecule has 0 N–H and O–H groups in total. The van der Waals surface area contributed by atoms with Crippen LogP contribution in [0.1, 0.15) is 66.2 Å². The van der Waals surface area contributed by atoms with E-state index in [2.05, 4.69) is 0 Å². The number of unbranched alkanes of at least 4 members (excludes halogenated alkanes) is 2. The van der Waals surface area contributed by atoms with Crippen molar-refractivity contribution in [2.75, 3.05) is 26.4 Å². The van der Waals surface area contributed by atoms with Crippen molar-refractivity contribution >= 4 is 11.9 Å². The van der Waals surface area contributed by atoms with Crippen molar-refractivity contribution in [3.8, 4) is 0 Å². The Kier molecular flexibility index (Phi) is 8.67. The SMILES string of the molecule is CCCCOC(=O)CC1(C)OCC(C2COC(C)(CC(=O)OCCCC)O2)O1. The van der Waals surface area contributed by atoms with Gasteiger partial charge in [0.2, 0.25) is 0 Å². The minimum absolute atomic E-state index is 0.0157. The topological polar surface area (TPSA) is 89.5 Å². The third kappa shape index (κ3) is 6.99. The van der Waals surface area contributed by atoms with Gasteiger partial charge in [-0.1, -0.05) is 26.7 Å². The molecule has 162 valence electrons. The molecule has 4 atom stereocenters. The molecular weight excluding hydrogens is 368 g/mol. The number of carbonyl (C=O) groups is 2. The Morgan fingerprint density at radius 1 is 0.821 bits per heavy atom. The van der Waals surface area contributed by atoms with E-state index in [1.807, 2.05) is 13.8 Å². The number of esters is 2. The first kappa shape index (κ1) is 23.1. The Hall–Kier alpha value is -1.22. The average molecular weight is 402 g/mol. The van der Waals surface area contributed by atoms with Crippen molar-refractivity contribution in [1.82, 2.24) is 0 Å². The van der Waals surface area contributed by atoms with Crippen LogP contribution in [0.5, 0.6) is 0 Å². The highest BCUT2D eigenvalue weighted by molar-refractivity contribution is 5.70. The fraction of sp³-hybridized carbons (Fsp3) is 0.900. The molecule has 8 heteroatoms. The average Bonchev–Trinajstić information content (AvgIpc) is 3.18. The van der Waals surface area contributed by atoms with Crippen LogP contribution in [0, 0.1) is 0 Å². The molecule has 0 aromatic heterocycles. The molecule has 2 aliphatic rings. The number of ether oxygens (including phenoxy) is 6. The summed E-state index contributed by atoms with van der Waals surface area (Å²) in [6, 6.07) is 0. The number of carbonyl (C=O) groups excluding carboxylic acids is 2. The highest BCUT2D eigenvalue weighted by Gasteiger charge is 2.49. The van der Waals surface area contributed by atoms with Gasteiger partial charge >= 0.3 is 11.9 Å². The Morgan fingerprint density at radius 3 is 1.57 bits per heavy atom. The van der Waals surface area contributed by atoms with Gasteiger partial charge in [0.1, 0.15) is 12.2 Å². The maximum atomic E-state index is 11.9. The van der Waals surface area contributed by atoms with Crippen LogP contribution in [-0.2, 0) is 38.0 Å². The van der Waals surface area contributed by atoms with Gasteiger partial charge < -0.3 is 28.4 Å². The minimum atomic E-state index is -1.05. The maximum Gasteiger partial charge on any atom is 0.311 e. The van der Waals surface area contributed by atoms with Crippen LogP contribution in [0.4, 0.5) is 0 Å². The molecule has 0 radical (unpaired) electrons. The lowest BCUT2D eigenvalue weighted by Gasteiger charge is -2.25. The molecule has 0 amide bonds. The third-order valence-corrected chi connectivity index (χ3v) is 4.77. The molecule has 2 saturated heterocycles. The fourth-order valence-corrected chi connectivity index (χ4v) is 3.13. The molecule has 28 heavy (non-hydrogen) atoms. The van der Waals surface area contributed by atoms with Crippen LogP contribution in [0.2, 0.25) is 0 Å². The van der Waals surface area contributed by atoms with Gasteiger partial charge in [0.15, 0.2) is 11.6 Å². The lowest BCUT2D eigenvalue weighted by Crippen LogP contribution is -2.37. The summed E-state index contributed by atoms with van der Waals surface area (Å²) in [5.41, 5.74) is 0. The van der Waals surface area contributed by atoms with Crippen LogP contribution in [0.15, 0.2) is 0 Å². The summed E-state index contributed by atoms with van der Waals surface area (Å²) in [5, 5.41) is 0. The Bertz CT molecular complexity index is 478. The largest absolute Gasteiger partial charge is 0.466 e. The summed E-state index contributed by atoms with van der Waals surface area (Å²) in [6.07, 6.45) is 2.85. The Morgan fingerprint density at radius 2 is 1.21 bits per heavy atom. The van der Waals surface area contributed by atoms with Crippen LogP contribution in [-0.4, -0.2) is 62.1 Å². The second kappa shape index (κ2) is 10.5. The van der Waals surface area contributed by atoms with Crippen LogP contribution in [0.3, 0.4) is 0 Å². The zero-order chi connectivity index (χ0) is 20.6. The number of hydrogen-bond donors (Lipinski definition) is 0. The lowest BCUT2D eigenvalue weighted by molar-refractivity contribution is -0.202. The van der Waals surface area contributed by atoms with Crippen LogP contribution >= 0.6 is 0 Å². The summed E-state index contributed by atoms with van der Waals surface area (Å²) in [4.78, 5) is 23.9. The van der Waals surface area contributed by atoms with Gasteiger partial charge in [-0.2, -0.15) is 0 Å². The van der Waals surface area contributed by atoms with E-state index in [-0.39, 0.29) is 50.2 Å². The quantitative estimate of drug-likeness (QED) is 0.385. The van der Waals surface area contributed by atoms with E-state index >= 15 is 0 Å². The summed E-state index contributed by atoms with van der Waals surface area (Å²) >= 11 is 0. The predicted octanol–water partition coefficient (Wildman–Crippen LogP) is 2.72. The van der Waals surface area contributed by atoms with Crippen LogP contribution in [0.25, 0.3) is 0 Å². The smallest absolute Gasteiger partial charge is 0.311 e. The third-order valence-electron chi connectivity index (χ3n) is 4.77. The van der Waals surface area contributed by atoms with Crippen molar-refractivity contribution in [2.24, 2.45) is 0 Å². The standard InChI is InChI=1S/C20H34O8/c1-5-7-9-23-17(21)11-19(3)25-13-15(27-19)16-14-26-20(4,28-16)12-18(22)24-10-8-6-2/h15-16H,5-14H2,1-4H3. The highest BCUT2D eigenvalue weighted by Crippen LogP contribution is 2.35. The molecule has 2 rings (SSSR count). The van der Waals surface area contributed by atoms with E-state index in [0.29, 0.717) is 13.2 Å². The molecule has 0 bridgehead atoms. The van der Waals surface area contributed by atoms with Gasteiger partial charge in [0, 0.05) is 0 Å². The van der Waals surface area contributed by atoms with Crippen molar-refractivity contribution in [3.63, 3.8) is 0 Å². The van der Waals surface area contributed by atoms with E-state index in [9.17, 15) is 9.59 Å². The van der Waals surface area contributed by atoms with Gasteiger partial charge in [-0.15, -0.1) is 0 Å². The van der Waals surface area contributed by atoms with Gasteiger partial charge in [0.05, 0.1) is 39.3 Å². The van der Waals surface area contributed by atoms with Crippen molar-refractivity contribution in [3.05, 3.63) is 0 Å². The zero-order valence-corrected chi connectivity index (χ0v) is 17.5. The van der Waals surface area contributed by atoms with E-state index in [4.69, 9.17) is 28.4 Å². The molecule has 0 aromatic carbocycles. The number of hydrogen-bond acceptors (Lipinski definition) is 8. The van der Waals surface area contributed by atoms with Crippen molar-refractivity contribution in [2.45, 2.75) is 90.0 Å². The van der Waals surface area contributed by atoms with Crippen LogP contribution < -0.4 is 0 Å². The van der Waals surface area contributed by atoms with E-state index in [1.165, 1.54) is 0 Å². The fourth-order valence-electron chi connectivity index (χ4n) is 3.13. The maximum absolute atomic E-state index is 11.9. The summed E-state index contributed by atoms with van der Waals surface area (Å²) in [5.74, 6) is -2.79. The lowest BCUT2D eigenvalue weighted by atomic mass is 10.2. The molecule has 2 aliphatic heterocycles. The second-order valence-electron chi connectivity index (χ2n) is 7.70. The van der Waals surface area contributed by atoms with Gasteiger partial charge in [-0.25, -0.2) is 0 Å². The van der Waals surface area contributed by atoms with E-state index < -0.39 is 11.6 Å².